The second-order valence-corrected chi connectivity index (χ2v) is 6.03. The van der Waals surface area contributed by atoms with Crippen molar-refractivity contribution in [3.63, 3.8) is 0 Å². The molecule has 0 amide bonds. The summed E-state index contributed by atoms with van der Waals surface area (Å²) in [5, 5.41) is 8.69. The van der Waals surface area contributed by atoms with E-state index in [0.29, 0.717) is 24.2 Å². The molecule has 0 aromatic rings. The number of carbonyl (C=O) groups is 2. The SMILES string of the molecule is O=C(O)C(=O)CC1C2CC3CC(C2)CC1C3. The van der Waals surface area contributed by atoms with Crippen LogP contribution in [0.1, 0.15) is 38.5 Å². The molecule has 4 aliphatic carbocycles. The van der Waals surface area contributed by atoms with E-state index in [-0.39, 0.29) is 0 Å². The maximum atomic E-state index is 11.3. The molecule has 0 radical (unpaired) electrons. The van der Waals surface area contributed by atoms with E-state index in [1.807, 2.05) is 0 Å². The van der Waals surface area contributed by atoms with Gasteiger partial charge in [0, 0.05) is 6.42 Å². The van der Waals surface area contributed by atoms with Crippen molar-refractivity contribution >= 4 is 11.8 Å². The van der Waals surface area contributed by atoms with Crippen LogP contribution < -0.4 is 0 Å². The fourth-order valence-electron chi connectivity index (χ4n) is 4.67. The predicted molar refractivity (Wildman–Crippen MR) is 57.8 cm³/mol. The fraction of sp³-hybridized carbons (Fsp3) is 0.846. The first-order chi connectivity index (χ1) is 7.63. The number of ketones is 1. The molecule has 4 saturated carbocycles. The Hall–Kier alpha value is -0.860. The molecule has 1 N–H and O–H groups in total. The third-order valence-corrected chi connectivity index (χ3v) is 5.08. The quantitative estimate of drug-likeness (QED) is 0.744. The molecule has 3 heteroatoms. The monoisotopic (exact) mass is 222 g/mol. The highest BCUT2D eigenvalue weighted by molar-refractivity contribution is 6.32. The van der Waals surface area contributed by atoms with Crippen LogP contribution in [-0.2, 0) is 9.59 Å². The highest BCUT2D eigenvalue weighted by atomic mass is 16.4. The van der Waals surface area contributed by atoms with Gasteiger partial charge in [-0.2, -0.15) is 0 Å². The highest BCUT2D eigenvalue weighted by Crippen LogP contribution is 2.57. The van der Waals surface area contributed by atoms with Gasteiger partial charge in [0.05, 0.1) is 0 Å². The zero-order valence-electron chi connectivity index (χ0n) is 9.39. The minimum atomic E-state index is -1.24. The van der Waals surface area contributed by atoms with Crippen molar-refractivity contribution in [3.8, 4) is 0 Å². The third kappa shape index (κ3) is 1.57. The normalized spacial score (nSPS) is 44.6. The van der Waals surface area contributed by atoms with Crippen molar-refractivity contribution in [2.45, 2.75) is 38.5 Å². The fourth-order valence-corrected chi connectivity index (χ4v) is 4.67. The summed E-state index contributed by atoms with van der Waals surface area (Å²) in [6, 6.07) is 0. The van der Waals surface area contributed by atoms with Gasteiger partial charge >= 0.3 is 5.97 Å². The number of hydrogen-bond acceptors (Lipinski definition) is 2. The van der Waals surface area contributed by atoms with E-state index in [1.54, 1.807) is 0 Å². The summed E-state index contributed by atoms with van der Waals surface area (Å²) in [4.78, 5) is 22.0. The Morgan fingerprint density at radius 1 is 0.938 bits per heavy atom. The molecule has 0 aromatic carbocycles. The van der Waals surface area contributed by atoms with Crippen LogP contribution in [0.4, 0.5) is 0 Å². The predicted octanol–water partition coefficient (Wildman–Crippen LogP) is 2.10. The van der Waals surface area contributed by atoms with Gasteiger partial charge < -0.3 is 5.11 Å². The van der Waals surface area contributed by atoms with Gasteiger partial charge in [-0.3, -0.25) is 4.79 Å². The summed E-state index contributed by atoms with van der Waals surface area (Å²) >= 11 is 0. The molecule has 16 heavy (non-hydrogen) atoms. The van der Waals surface area contributed by atoms with Crippen LogP contribution in [0.15, 0.2) is 0 Å². The standard InChI is InChI=1S/C13H18O3/c14-12(13(15)16)6-11-9-2-7-1-8(4-9)5-10(11)3-7/h7-11H,1-6H2,(H,15,16). The Morgan fingerprint density at radius 3 is 1.88 bits per heavy atom. The molecular formula is C13H18O3. The molecule has 4 bridgehead atoms. The summed E-state index contributed by atoms with van der Waals surface area (Å²) in [5.74, 6) is 1.65. The zero-order chi connectivity index (χ0) is 11.3. The first-order valence-electron chi connectivity index (χ1n) is 6.39. The molecule has 4 rings (SSSR count). The van der Waals surface area contributed by atoms with Crippen LogP contribution in [0.3, 0.4) is 0 Å². The van der Waals surface area contributed by atoms with E-state index < -0.39 is 11.8 Å². The van der Waals surface area contributed by atoms with Gasteiger partial charge in [-0.25, -0.2) is 4.79 Å². The summed E-state index contributed by atoms with van der Waals surface area (Å²) in [6.07, 6.45) is 6.71. The minimum absolute atomic E-state index is 0.296. The third-order valence-electron chi connectivity index (χ3n) is 5.08. The maximum absolute atomic E-state index is 11.3. The Balaban J connectivity index is 1.72. The number of aliphatic carboxylic acids is 1. The van der Waals surface area contributed by atoms with Crippen molar-refractivity contribution in [1.82, 2.24) is 0 Å². The number of hydrogen-bond donors (Lipinski definition) is 1. The zero-order valence-corrected chi connectivity index (χ0v) is 9.39. The number of carboxylic acids is 1. The van der Waals surface area contributed by atoms with Crippen LogP contribution >= 0.6 is 0 Å². The molecule has 4 fully saturated rings. The van der Waals surface area contributed by atoms with Crippen LogP contribution in [-0.4, -0.2) is 16.9 Å². The van der Waals surface area contributed by atoms with Gasteiger partial charge in [0.25, 0.3) is 0 Å². The van der Waals surface area contributed by atoms with E-state index >= 15 is 0 Å². The molecule has 88 valence electrons. The summed E-state index contributed by atoms with van der Waals surface area (Å²) in [6.45, 7) is 0. The molecule has 0 atom stereocenters. The Kier molecular flexibility index (Phi) is 2.30. The topological polar surface area (TPSA) is 54.4 Å². The van der Waals surface area contributed by atoms with Crippen LogP contribution in [0.25, 0.3) is 0 Å². The van der Waals surface area contributed by atoms with Gasteiger partial charge in [0.15, 0.2) is 0 Å². The Bertz CT molecular complexity index is 306. The summed E-state index contributed by atoms with van der Waals surface area (Å²) in [7, 11) is 0. The van der Waals surface area contributed by atoms with E-state index in [4.69, 9.17) is 5.11 Å². The number of carboxylic acid groups (broad SMARTS) is 1. The lowest BCUT2D eigenvalue weighted by Crippen LogP contribution is -2.46. The lowest BCUT2D eigenvalue weighted by molar-refractivity contribution is -0.151. The maximum Gasteiger partial charge on any atom is 0.372 e. The van der Waals surface area contributed by atoms with Gasteiger partial charge in [-0.15, -0.1) is 0 Å². The van der Waals surface area contributed by atoms with E-state index in [9.17, 15) is 9.59 Å². The van der Waals surface area contributed by atoms with E-state index in [0.717, 1.165) is 11.8 Å². The Labute approximate surface area is 95.2 Å². The molecule has 0 unspecified atom stereocenters. The second kappa shape index (κ2) is 3.57. The average molecular weight is 222 g/mol. The number of Topliss-reactive ketones (excluding diaryl/α,β-unsaturated/α-hetero) is 1. The van der Waals surface area contributed by atoms with Crippen molar-refractivity contribution in [3.05, 3.63) is 0 Å². The molecule has 0 saturated heterocycles. The molecule has 3 nitrogen and oxygen atoms in total. The van der Waals surface area contributed by atoms with E-state index in [1.165, 1.54) is 32.1 Å². The van der Waals surface area contributed by atoms with Crippen molar-refractivity contribution in [2.75, 3.05) is 0 Å². The van der Waals surface area contributed by atoms with Gasteiger partial charge in [-0.05, 0) is 61.7 Å². The van der Waals surface area contributed by atoms with Crippen LogP contribution in [0.2, 0.25) is 0 Å². The van der Waals surface area contributed by atoms with Gasteiger partial charge in [-0.1, -0.05) is 0 Å². The van der Waals surface area contributed by atoms with Crippen LogP contribution in [0.5, 0.6) is 0 Å². The molecule has 4 aliphatic rings. The highest BCUT2D eigenvalue weighted by Gasteiger charge is 2.48. The van der Waals surface area contributed by atoms with E-state index in [2.05, 4.69) is 0 Å². The van der Waals surface area contributed by atoms with Crippen molar-refractivity contribution < 1.29 is 14.7 Å². The Morgan fingerprint density at radius 2 is 1.44 bits per heavy atom. The molecular weight excluding hydrogens is 204 g/mol. The minimum Gasteiger partial charge on any atom is -0.476 e. The molecule has 0 aromatic heterocycles. The van der Waals surface area contributed by atoms with Gasteiger partial charge in [0.1, 0.15) is 0 Å². The summed E-state index contributed by atoms with van der Waals surface area (Å²) in [5.41, 5.74) is 0. The largest absolute Gasteiger partial charge is 0.476 e. The lowest BCUT2D eigenvalue weighted by Gasteiger charge is -2.54. The average Bonchev–Trinajstić information content (AvgIpc) is 2.21. The van der Waals surface area contributed by atoms with Crippen LogP contribution in [0, 0.1) is 29.6 Å². The first kappa shape index (κ1) is 10.3. The molecule has 0 heterocycles. The molecule has 0 aliphatic heterocycles. The lowest BCUT2D eigenvalue weighted by atomic mass is 9.51. The summed E-state index contributed by atoms with van der Waals surface area (Å²) < 4.78 is 0. The van der Waals surface area contributed by atoms with Crippen molar-refractivity contribution in [1.29, 1.82) is 0 Å². The second-order valence-electron chi connectivity index (χ2n) is 6.03. The number of carbonyl (C=O) groups excluding carboxylic acids is 1. The molecule has 0 spiro atoms. The van der Waals surface area contributed by atoms with Gasteiger partial charge in [0.2, 0.25) is 5.78 Å². The number of rotatable bonds is 3. The smallest absolute Gasteiger partial charge is 0.372 e. The first-order valence-corrected chi connectivity index (χ1v) is 6.39. The van der Waals surface area contributed by atoms with Crippen molar-refractivity contribution in [2.24, 2.45) is 29.6 Å².